The highest BCUT2D eigenvalue weighted by atomic mass is 32.2. The number of nitrogens with zero attached hydrogens (tertiary/aromatic N) is 1. The van der Waals surface area contributed by atoms with Crippen molar-refractivity contribution in [2.24, 2.45) is 0 Å². The van der Waals surface area contributed by atoms with Gasteiger partial charge in [-0.2, -0.15) is 5.01 Å². The number of allylic oxidation sites excluding steroid dienone is 3. The Morgan fingerprint density at radius 2 is 2.09 bits per heavy atom. The zero-order valence-electron chi connectivity index (χ0n) is 12.3. The molecule has 0 spiro atoms. The maximum atomic E-state index is 12.4. The molecular weight excluding hydrogens is 332 g/mol. The van der Waals surface area contributed by atoms with Gasteiger partial charge in [0.05, 0.1) is 12.0 Å². The van der Waals surface area contributed by atoms with E-state index in [0.29, 0.717) is 16.2 Å². The standard InChI is InChI=1S/C16H14N2O3S2/c1-3-7-12(21-2)10-13-15(20)18(16(22)23-13)17-14(19)11-8-5-4-6-9-11/h3-10H,1H2,2H3,(H,17,19)/b12-7-,13-10-. The molecule has 1 aromatic carbocycles. The summed E-state index contributed by atoms with van der Waals surface area (Å²) in [5, 5.41) is 1.06. The van der Waals surface area contributed by atoms with Crippen molar-refractivity contribution in [3.8, 4) is 0 Å². The molecule has 1 N–H and O–H groups in total. The molecule has 0 bridgehead atoms. The summed E-state index contributed by atoms with van der Waals surface area (Å²) in [6, 6.07) is 8.59. The van der Waals surface area contributed by atoms with Crippen LogP contribution in [0.2, 0.25) is 0 Å². The van der Waals surface area contributed by atoms with Crippen molar-refractivity contribution in [2.45, 2.75) is 0 Å². The molecule has 1 fully saturated rings. The van der Waals surface area contributed by atoms with Gasteiger partial charge in [-0.1, -0.05) is 42.6 Å². The van der Waals surface area contributed by atoms with Gasteiger partial charge in [-0.05, 0) is 36.5 Å². The fourth-order valence-electron chi connectivity index (χ4n) is 1.74. The number of nitrogens with one attached hydrogen (secondary N) is 1. The summed E-state index contributed by atoms with van der Waals surface area (Å²) in [5.74, 6) is -0.345. The van der Waals surface area contributed by atoms with Gasteiger partial charge in [-0.15, -0.1) is 0 Å². The molecule has 0 atom stereocenters. The van der Waals surface area contributed by atoms with Crippen LogP contribution in [-0.2, 0) is 9.53 Å². The molecule has 1 aliphatic heterocycles. The van der Waals surface area contributed by atoms with Gasteiger partial charge in [-0.25, -0.2) is 0 Å². The smallest absolute Gasteiger partial charge is 0.285 e. The average Bonchev–Trinajstić information content (AvgIpc) is 2.82. The molecule has 0 aromatic heterocycles. The lowest BCUT2D eigenvalue weighted by molar-refractivity contribution is -0.123. The monoisotopic (exact) mass is 346 g/mol. The van der Waals surface area contributed by atoms with Crippen molar-refractivity contribution in [1.82, 2.24) is 10.4 Å². The highest BCUT2D eigenvalue weighted by molar-refractivity contribution is 8.26. The lowest BCUT2D eigenvalue weighted by atomic mass is 10.2. The first-order valence-corrected chi connectivity index (χ1v) is 7.80. The minimum atomic E-state index is -0.406. The fraction of sp³-hybridized carbons (Fsp3) is 0.0625. The third-order valence-corrected chi connectivity index (χ3v) is 4.14. The topological polar surface area (TPSA) is 58.6 Å². The molecule has 1 heterocycles. The highest BCUT2D eigenvalue weighted by Crippen LogP contribution is 2.30. The Labute approximate surface area is 143 Å². The van der Waals surface area contributed by atoms with Crippen molar-refractivity contribution >= 4 is 40.1 Å². The molecule has 0 saturated carbocycles. The molecule has 23 heavy (non-hydrogen) atoms. The summed E-state index contributed by atoms with van der Waals surface area (Å²) in [6.45, 7) is 3.57. The zero-order valence-corrected chi connectivity index (χ0v) is 13.9. The van der Waals surface area contributed by atoms with Crippen LogP contribution in [0.4, 0.5) is 0 Å². The number of amides is 2. The number of carbonyl (C=O) groups excluding carboxylic acids is 2. The Morgan fingerprint density at radius 3 is 2.70 bits per heavy atom. The molecule has 0 unspecified atom stereocenters. The predicted molar refractivity (Wildman–Crippen MR) is 94.3 cm³/mol. The van der Waals surface area contributed by atoms with Crippen LogP contribution in [0.3, 0.4) is 0 Å². The lowest BCUT2D eigenvalue weighted by Crippen LogP contribution is -2.44. The van der Waals surface area contributed by atoms with Gasteiger partial charge < -0.3 is 4.74 Å². The number of carbonyl (C=O) groups is 2. The Balaban J connectivity index is 2.16. The van der Waals surface area contributed by atoms with E-state index in [1.54, 1.807) is 48.6 Å². The normalized spacial score (nSPS) is 16.7. The first-order valence-electron chi connectivity index (χ1n) is 6.57. The van der Waals surface area contributed by atoms with Crippen LogP contribution in [0.15, 0.2) is 65.8 Å². The number of thiocarbonyl (C=S) groups is 1. The van der Waals surface area contributed by atoms with E-state index in [0.717, 1.165) is 16.8 Å². The largest absolute Gasteiger partial charge is 0.497 e. The SMILES string of the molecule is C=C/C=C(/C=C1\SC(=S)N(NC(=O)c2ccccc2)C1=O)OC. The number of methoxy groups -OCH3 is 1. The molecule has 5 nitrogen and oxygen atoms in total. The number of hydrogen-bond acceptors (Lipinski definition) is 5. The molecule has 1 aliphatic rings. The van der Waals surface area contributed by atoms with Crippen molar-refractivity contribution < 1.29 is 14.3 Å². The van der Waals surface area contributed by atoms with Crippen LogP contribution < -0.4 is 5.43 Å². The molecule has 118 valence electrons. The Bertz CT molecular complexity index is 711. The lowest BCUT2D eigenvalue weighted by Gasteiger charge is -2.15. The number of benzene rings is 1. The van der Waals surface area contributed by atoms with Crippen LogP contribution in [0.5, 0.6) is 0 Å². The van der Waals surface area contributed by atoms with E-state index >= 15 is 0 Å². The number of hydrogen-bond donors (Lipinski definition) is 1. The van der Waals surface area contributed by atoms with Crippen molar-refractivity contribution in [3.63, 3.8) is 0 Å². The molecule has 7 heteroatoms. The minimum Gasteiger partial charge on any atom is -0.497 e. The molecule has 1 aromatic rings. The fourth-order valence-corrected chi connectivity index (χ4v) is 2.90. The van der Waals surface area contributed by atoms with Crippen LogP contribution in [-0.4, -0.2) is 28.3 Å². The summed E-state index contributed by atoms with van der Waals surface area (Å²) >= 11 is 6.24. The van der Waals surface area contributed by atoms with Crippen LogP contribution in [0, 0.1) is 0 Å². The summed E-state index contributed by atoms with van der Waals surface area (Å²) in [7, 11) is 1.49. The van der Waals surface area contributed by atoms with Gasteiger partial charge in [-0.3, -0.25) is 15.0 Å². The summed E-state index contributed by atoms with van der Waals surface area (Å²) in [5.41, 5.74) is 2.95. The molecular formula is C16H14N2O3S2. The van der Waals surface area contributed by atoms with E-state index in [1.807, 2.05) is 0 Å². The first-order chi connectivity index (χ1) is 11.1. The molecule has 1 saturated heterocycles. The first kappa shape index (κ1) is 17.0. The minimum absolute atomic E-state index is 0.250. The van der Waals surface area contributed by atoms with Gasteiger partial charge in [0.25, 0.3) is 11.8 Å². The summed E-state index contributed by atoms with van der Waals surface area (Å²) in [6.07, 6.45) is 4.72. The van der Waals surface area contributed by atoms with Gasteiger partial charge in [0.1, 0.15) is 5.76 Å². The van der Waals surface area contributed by atoms with E-state index in [2.05, 4.69) is 12.0 Å². The maximum Gasteiger partial charge on any atom is 0.285 e. The van der Waals surface area contributed by atoms with E-state index in [-0.39, 0.29) is 4.32 Å². The summed E-state index contributed by atoms with van der Waals surface area (Å²) in [4.78, 5) is 24.9. The average molecular weight is 346 g/mol. The van der Waals surface area contributed by atoms with Crippen molar-refractivity contribution in [2.75, 3.05) is 7.11 Å². The zero-order chi connectivity index (χ0) is 16.8. The van der Waals surface area contributed by atoms with Gasteiger partial charge in [0.15, 0.2) is 4.32 Å². The second-order valence-electron chi connectivity index (χ2n) is 4.33. The van der Waals surface area contributed by atoms with Gasteiger partial charge >= 0.3 is 0 Å². The van der Waals surface area contributed by atoms with E-state index in [1.165, 1.54) is 7.11 Å². The van der Waals surface area contributed by atoms with Crippen molar-refractivity contribution in [3.05, 3.63) is 71.4 Å². The predicted octanol–water partition coefficient (Wildman–Crippen LogP) is 2.79. The van der Waals surface area contributed by atoms with Crippen LogP contribution >= 0.6 is 24.0 Å². The number of ether oxygens (including phenoxy) is 1. The van der Waals surface area contributed by atoms with Crippen LogP contribution in [0.1, 0.15) is 10.4 Å². The Hall–Kier alpha value is -2.38. The second kappa shape index (κ2) is 7.75. The van der Waals surface area contributed by atoms with Gasteiger partial charge in [0, 0.05) is 5.56 Å². The van der Waals surface area contributed by atoms with E-state index < -0.39 is 11.8 Å². The van der Waals surface area contributed by atoms with Crippen molar-refractivity contribution in [1.29, 1.82) is 0 Å². The molecule has 0 aliphatic carbocycles. The number of hydrazine groups is 1. The van der Waals surface area contributed by atoms with E-state index in [9.17, 15) is 9.59 Å². The Morgan fingerprint density at radius 1 is 1.39 bits per heavy atom. The molecule has 2 rings (SSSR count). The highest BCUT2D eigenvalue weighted by Gasteiger charge is 2.34. The number of rotatable bonds is 5. The van der Waals surface area contributed by atoms with Crippen LogP contribution in [0.25, 0.3) is 0 Å². The third-order valence-electron chi connectivity index (χ3n) is 2.83. The molecule has 2 amide bonds. The van der Waals surface area contributed by atoms with Gasteiger partial charge in [0.2, 0.25) is 0 Å². The quantitative estimate of drug-likeness (QED) is 0.384. The van der Waals surface area contributed by atoms with E-state index in [4.69, 9.17) is 17.0 Å². The molecule has 0 radical (unpaired) electrons. The number of thioether (sulfide) groups is 1. The Kier molecular flexibility index (Phi) is 5.72. The maximum absolute atomic E-state index is 12.4. The third kappa shape index (κ3) is 4.08. The summed E-state index contributed by atoms with van der Waals surface area (Å²) < 4.78 is 5.37. The second-order valence-corrected chi connectivity index (χ2v) is 6.01.